The van der Waals surface area contributed by atoms with E-state index in [4.69, 9.17) is 9.68 Å². The van der Waals surface area contributed by atoms with E-state index in [2.05, 4.69) is 21.0 Å². The number of hydrogen-bond donors (Lipinski definition) is 0. The number of nitrogens with zero attached hydrogens (tertiary/aromatic N) is 4. The van der Waals surface area contributed by atoms with E-state index in [1.165, 1.54) is 0 Å². The van der Waals surface area contributed by atoms with E-state index in [0.717, 1.165) is 22.4 Å². The third-order valence-corrected chi connectivity index (χ3v) is 2.96. The van der Waals surface area contributed by atoms with Gasteiger partial charge in [-0.05, 0) is 24.3 Å². The number of hydrogen-bond acceptors (Lipinski definition) is 5. The third-order valence-electron chi connectivity index (χ3n) is 2.96. The Morgan fingerprint density at radius 3 is 3.00 bits per heavy atom. The Hall–Kier alpha value is -2.74. The largest absolute Gasteiger partial charge is 0.441 e. The van der Waals surface area contributed by atoms with Crippen LogP contribution in [0.15, 0.2) is 34.9 Å². The first-order valence-corrected chi connectivity index (χ1v) is 6.33. The summed E-state index contributed by atoms with van der Waals surface area (Å²) < 4.78 is 5.46. The highest BCUT2D eigenvalue weighted by Gasteiger charge is 2.07. The van der Waals surface area contributed by atoms with E-state index in [1.54, 1.807) is 6.20 Å². The van der Waals surface area contributed by atoms with E-state index in [9.17, 15) is 0 Å². The van der Waals surface area contributed by atoms with Crippen LogP contribution in [-0.4, -0.2) is 15.0 Å². The van der Waals surface area contributed by atoms with Crippen molar-refractivity contribution in [3.63, 3.8) is 0 Å². The molecule has 0 aliphatic carbocycles. The third kappa shape index (κ3) is 2.36. The van der Waals surface area contributed by atoms with Crippen LogP contribution >= 0.6 is 0 Å². The summed E-state index contributed by atoms with van der Waals surface area (Å²) in [6.45, 7) is 1.82. The molecule has 0 spiro atoms. The van der Waals surface area contributed by atoms with Crippen LogP contribution in [0.25, 0.3) is 22.4 Å². The molecule has 0 amide bonds. The molecule has 0 radical (unpaired) electrons. The zero-order chi connectivity index (χ0) is 13.9. The van der Waals surface area contributed by atoms with Crippen molar-refractivity contribution in [1.82, 2.24) is 15.0 Å². The van der Waals surface area contributed by atoms with Crippen LogP contribution in [0, 0.1) is 18.3 Å². The summed E-state index contributed by atoms with van der Waals surface area (Å²) in [4.78, 5) is 13.0. The average Bonchev–Trinajstić information content (AvgIpc) is 2.84. The van der Waals surface area contributed by atoms with Gasteiger partial charge >= 0.3 is 0 Å². The summed E-state index contributed by atoms with van der Waals surface area (Å²) in [5, 5.41) is 8.61. The number of rotatable bonds is 3. The normalized spacial score (nSPS) is 10.6. The fourth-order valence-electron chi connectivity index (χ4n) is 2.05. The number of aryl methyl sites for hydroxylation is 2. The molecular weight excluding hydrogens is 252 g/mol. The van der Waals surface area contributed by atoms with Crippen LogP contribution < -0.4 is 0 Å². The van der Waals surface area contributed by atoms with Gasteiger partial charge in [0.25, 0.3) is 0 Å². The summed E-state index contributed by atoms with van der Waals surface area (Å²) in [5.74, 6) is 1.33. The minimum absolute atomic E-state index is 0.422. The zero-order valence-electron chi connectivity index (χ0n) is 11.0. The number of oxazole rings is 1. The molecule has 3 rings (SSSR count). The van der Waals surface area contributed by atoms with E-state index < -0.39 is 0 Å². The Kier molecular flexibility index (Phi) is 3.13. The minimum atomic E-state index is 0.422. The Labute approximate surface area is 115 Å². The van der Waals surface area contributed by atoms with Gasteiger partial charge in [-0.1, -0.05) is 0 Å². The molecule has 0 aliphatic rings. The second kappa shape index (κ2) is 5.10. The predicted molar refractivity (Wildman–Crippen MR) is 73.7 cm³/mol. The highest BCUT2D eigenvalue weighted by molar-refractivity contribution is 5.79. The molecular formula is C15H12N4O. The topological polar surface area (TPSA) is 75.6 Å². The second-order valence-electron chi connectivity index (χ2n) is 4.43. The van der Waals surface area contributed by atoms with Crippen molar-refractivity contribution in [2.45, 2.75) is 19.8 Å². The van der Waals surface area contributed by atoms with Gasteiger partial charge in [-0.3, -0.25) is 0 Å². The first-order chi connectivity index (χ1) is 9.76. The van der Waals surface area contributed by atoms with Gasteiger partial charge in [0.2, 0.25) is 0 Å². The van der Waals surface area contributed by atoms with E-state index in [1.807, 2.05) is 31.2 Å². The molecule has 0 saturated heterocycles. The Morgan fingerprint density at radius 1 is 1.25 bits per heavy atom. The molecule has 2 aromatic heterocycles. The molecule has 5 nitrogen and oxygen atoms in total. The Balaban J connectivity index is 1.99. The first kappa shape index (κ1) is 12.3. The molecule has 0 atom stereocenters. The van der Waals surface area contributed by atoms with E-state index >= 15 is 0 Å². The Morgan fingerprint density at radius 2 is 2.15 bits per heavy atom. The highest BCUT2D eigenvalue weighted by atomic mass is 16.3. The summed E-state index contributed by atoms with van der Waals surface area (Å²) in [6, 6.07) is 9.74. The monoisotopic (exact) mass is 264 g/mol. The van der Waals surface area contributed by atoms with Crippen molar-refractivity contribution < 1.29 is 4.42 Å². The first-order valence-electron chi connectivity index (χ1n) is 6.33. The molecule has 0 bridgehead atoms. The van der Waals surface area contributed by atoms with Gasteiger partial charge in [0.1, 0.15) is 11.3 Å². The lowest BCUT2D eigenvalue weighted by Crippen LogP contribution is -1.95. The lowest BCUT2D eigenvalue weighted by atomic mass is 10.1. The van der Waals surface area contributed by atoms with Gasteiger partial charge < -0.3 is 4.42 Å². The van der Waals surface area contributed by atoms with Crippen molar-refractivity contribution in [3.05, 3.63) is 42.2 Å². The van der Waals surface area contributed by atoms with Gasteiger partial charge in [0, 0.05) is 31.5 Å². The van der Waals surface area contributed by atoms with Crippen molar-refractivity contribution >= 4 is 11.1 Å². The molecule has 5 heteroatoms. The van der Waals surface area contributed by atoms with Gasteiger partial charge in [-0.15, -0.1) is 0 Å². The molecule has 1 aromatic carbocycles. The highest BCUT2D eigenvalue weighted by Crippen LogP contribution is 2.23. The number of benzene rings is 1. The summed E-state index contributed by atoms with van der Waals surface area (Å²) in [5.41, 5.74) is 3.38. The lowest BCUT2D eigenvalue weighted by Gasteiger charge is -2.02. The molecule has 0 unspecified atom stereocenters. The molecule has 0 aliphatic heterocycles. The van der Waals surface area contributed by atoms with Crippen molar-refractivity contribution in [2.24, 2.45) is 0 Å². The van der Waals surface area contributed by atoms with Crippen LogP contribution in [-0.2, 0) is 6.42 Å². The molecule has 3 aromatic rings. The number of fused-ring (bicyclic) bond motifs is 1. The standard InChI is InChI=1S/C15H12N4O/c1-10-18-13-9-11(4-5-14(13)20-10)12-6-8-17-15(19-12)3-2-7-16/h4-6,8-9H,2-3H2,1H3. The molecule has 98 valence electrons. The van der Waals surface area contributed by atoms with Crippen molar-refractivity contribution in [3.8, 4) is 17.3 Å². The molecule has 20 heavy (non-hydrogen) atoms. The van der Waals surface area contributed by atoms with Gasteiger partial charge in [-0.2, -0.15) is 5.26 Å². The smallest absolute Gasteiger partial charge is 0.192 e. The Bertz CT molecular complexity index is 801. The molecule has 0 N–H and O–H groups in total. The van der Waals surface area contributed by atoms with E-state index in [-0.39, 0.29) is 0 Å². The second-order valence-corrected chi connectivity index (χ2v) is 4.43. The van der Waals surface area contributed by atoms with Crippen molar-refractivity contribution in [1.29, 1.82) is 5.26 Å². The maximum atomic E-state index is 8.61. The maximum Gasteiger partial charge on any atom is 0.192 e. The van der Waals surface area contributed by atoms with Crippen LogP contribution in [0.2, 0.25) is 0 Å². The van der Waals surface area contributed by atoms with Crippen LogP contribution in [0.4, 0.5) is 0 Å². The summed E-state index contributed by atoms with van der Waals surface area (Å²) >= 11 is 0. The fourth-order valence-corrected chi connectivity index (χ4v) is 2.05. The van der Waals surface area contributed by atoms with Gasteiger partial charge in [0.05, 0.1) is 11.8 Å². The molecule has 0 fully saturated rings. The maximum absolute atomic E-state index is 8.61. The molecule has 2 heterocycles. The lowest BCUT2D eigenvalue weighted by molar-refractivity contribution is 0.561. The van der Waals surface area contributed by atoms with Gasteiger partial charge in [0.15, 0.2) is 11.5 Å². The quantitative estimate of drug-likeness (QED) is 0.726. The number of aromatic nitrogens is 3. The van der Waals surface area contributed by atoms with E-state index in [0.29, 0.717) is 24.6 Å². The summed E-state index contributed by atoms with van der Waals surface area (Å²) in [6.07, 6.45) is 2.70. The average molecular weight is 264 g/mol. The fraction of sp³-hybridized carbons (Fsp3) is 0.200. The zero-order valence-corrected chi connectivity index (χ0v) is 11.0. The summed E-state index contributed by atoms with van der Waals surface area (Å²) in [7, 11) is 0. The van der Waals surface area contributed by atoms with Crippen LogP contribution in [0.5, 0.6) is 0 Å². The predicted octanol–water partition coefficient (Wildman–Crippen LogP) is 3.05. The van der Waals surface area contributed by atoms with Crippen LogP contribution in [0.3, 0.4) is 0 Å². The molecule has 0 saturated carbocycles. The van der Waals surface area contributed by atoms with Gasteiger partial charge in [-0.25, -0.2) is 15.0 Å². The SMILES string of the molecule is Cc1nc2cc(-c3ccnc(CCC#N)n3)ccc2o1. The van der Waals surface area contributed by atoms with Crippen LogP contribution in [0.1, 0.15) is 18.1 Å². The van der Waals surface area contributed by atoms with Crippen molar-refractivity contribution in [2.75, 3.05) is 0 Å². The number of nitriles is 1. The minimum Gasteiger partial charge on any atom is -0.441 e.